The van der Waals surface area contributed by atoms with E-state index in [9.17, 15) is 0 Å². The molecule has 0 bridgehead atoms. The molecule has 2 aromatic rings. The number of nitrogens with one attached hydrogen (secondary N) is 1. The molecule has 0 spiro atoms. The maximum atomic E-state index is 5.66. The highest BCUT2D eigenvalue weighted by molar-refractivity contribution is 5.72. The lowest BCUT2D eigenvalue weighted by Crippen LogP contribution is -2.16. The van der Waals surface area contributed by atoms with Crippen LogP contribution in [0, 0.1) is 13.8 Å². The van der Waals surface area contributed by atoms with Crippen LogP contribution >= 0.6 is 0 Å². The standard InChI is InChI=1S/C13H15N3O2/c1-7-8(2)13-11(17-3-4-18-13)5-9(7)10-6-12(14)16-15-10/h5-6H,3-4H2,1-2H3,(H3,14,15,16). The molecule has 5 nitrogen and oxygen atoms in total. The van der Waals surface area contributed by atoms with E-state index in [2.05, 4.69) is 17.1 Å². The fourth-order valence-electron chi connectivity index (χ4n) is 2.20. The van der Waals surface area contributed by atoms with E-state index in [1.807, 2.05) is 19.1 Å². The number of ether oxygens (including phenoxy) is 2. The van der Waals surface area contributed by atoms with Gasteiger partial charge in [0.25, 0.3) is 0 Å². The van der Waals surface area contributed by atoms with E-state index in [0.29, 0.717) is 19.0 Å². The Morgan fingerprint density at radius 1 is 1.17 bits per heavy atom. The third-order valence-corrected chi connectivity index (χ3v) is 3.28. The molecule has 2 heterocycles. The summed E-state index contributed by atoms with van der Waals surface area (Å²) < 4.78 is 11.3. The number of aromatic nitrogens is 2. The molecule has 1 aliphatic rings. The summed E-state index contributed by atoms with van der Waals surface area (Å²) in [7, 11) is 0. The molecule has 3 N–H and O–H groups in total. The van der Waals surface area contributed by atoms with Crippen LogP contribution in [-0.4, -0.2) is 23.4 Å². The molecule has 3 rings (SSSR count). The van der Waals surface area contributed by atoms with Crippen LogP contribution in [0.5, 0.6) is 11.5 Å². The molecule has 1 aromatic carbocycles. The van der Waals surface area contributed by atoms with Crippen LogP contribution in [0.25, 0.3) is 11.3 Å². The molecule has 18 heavy (non-hydrogen) atoms. The number of nitrogens with two attached hydrogens (primary N) is 1. The summed E-state index contributed by atoms with van der Waals surface area (Å²) >= 11 is 0. The van der Waals surface area contributed by atoms with Crippen molar-refractivity contribution in [3.05, 3.63) is 23.3 Å². The number of hydrogen-bond acceptors (Lipinski definition) is 4. The Kier molecular flexibility index (Phi) is 2.40. The van der Waals surface area contributed by atoms with Crippen LogP contribution in [0.4, 0.5) is 5.82 Å². The van der Waals surface area contributed by atoms with Gasteiger partial charge in [-0.1, -0.05) is 0 Å². The lowest BCUT2D eigenvalue weighted by atomic mass is 9.99. The second kappa shape index (κ2) is 3.94. The monoisotopic (exact) mass is 245 g/mol. The zero-order chi connectivity index (χ0) is 12.7. The van der Waals surface area contributed by atoms with Crippen molar-refractivity contribution in [2.75, 3.05) is 18.9 Å². The minimum atomic E-state index is 0.483. The first-order valence-corrected chi connectivity index (χ1v) is 5.88. The molecule has 0 radical (unpaired) electrons. The van der Waals surface area contributed by atoms with E-state index >= 15 is 0 Å². The Morgan fingerprint density at radius 3 is 2.67 bits per heavy atom. The molecule has 94 valence electrons. The van der Waals surface area contributed by atoms with Crippen LogP contribution in [0.15, 0.2) is 12.1 Å². The zero-order valence-corrected chi connectivity index (χ0v) is 10.4. The number of nitrogens with zero attached hydrogens (tertiary/aromatic N) is 1. The molecular formula is C13H15N3O2. The largest absolute Gasteiger partial charge is 0.486 e. The van der Waals surface area contributed by atoms with E-state index < -0.39 is 0 Å². The summed E-state index contributed by atoms with van der Waals surface area (Å²) in [5.41, 5.74) is 9.81. The predicted molar refractivity (Wildman–Crippen MR) is 68.9 cm³/mol. The molecule has 0 saturated heterocycles. The molecule has 0 fully saturated rings. The maximum Gasteiger partial charge on any atom is 0.164 e. The van der Waals surface area contributed by atoms with Crippen LogP contribution in [0.2, 0.25) is 0 Å². The Hall–Kier alpha value is -2.17. The summed E-state index contributed by atoms with van der Waals surface area (Å²) in [6, 6.07) is 3.79. The van der Waals surface area contributed by atoms with Gasteiger partial charge >= 0.3 is 0 Å². The third kappa shape index (κ3) is 1.59. The van der Waals surface area contributed by atoms with E-state index in [1.165, 1.54) is 0 Å². The molecular weight excluding hydrogens is 230 g/mol. The molecule has 0 atom stereocenters. The number of anilines is 1. The van der Waals surface area contributed by atoms with Gasteiger partial charge in [-0.25, -0.2) is 0 Å². The number of nitrogen functional groups attached to an aromatic ring is 1. The van der Waals surface area contributed by atoms with Gasteiger partial charge in [0, 0.05) is 11.6 Å². The Morgan fingerprint density at radius 2 is 1.94 bits per heavy atom. The van der Waals surface area contributed by atoms with Crippen LogP contribution in [0.1, 0.15) is 11.1 Å². The lowest BCUT2D eigenvalue weighted by molar-refractivity contribution is 0.170. The summed E-state index contributed by atoms with van der Waals surface area (Å²) in [6.07, 6.45) is 0. The summed E-state index contributed by atoms with van der Waals surface area (Å²) in [5.74, 6) is 2.11. The van der Waals surface area contributed by atoms with Gasteiger partial charge in [-0.05, 0) is 31.0 Å². The van der Waals surface area contributed by atoms with Crippen molar-refractivity contribution in [1.29, 1.82) is 0 Å². The van der Waals surface area contributed by atoms with Crippen molar-refractivity contribution in [3.63, 3.8) is 0 Å². The van der Waals surface area contributed by atoms with Crippen molar-refractivity contribution >= 4 is 5.82 Å². The topological polar surface area (TPSA) is 73.2 Å². The van der Waals surface area contributed by atoms with Gasteiger partial charge in [-0.2, -0.15) is 5.10 Å². The van der Waals surface area contributed by atoms with Crippen molar-refractivity contribution in [3.8, 4) is 22.8 Å². The van der Waals surface area contributed by atoms with Gasteiger partial charge in [0.2, 0.25) is 0 Å². The Bertz CT molecular complexity index is 605. The third-order valence-electron chi connectivity index (χ3n) is 3.28. The molecule has 0 unspecified atom stereocenters. The number of rotatable bonds is 1. The number of H-pyrrole nitrogens is 1. The number of hydrogen-bond donors (Lipinski definition) is 2. The SMILES string of the molecule is Cc1c(-c2cc(N)n[nH]2)cc2c(c1C)OCCO2. The Balaban J connectivity index is 2.18. The molecule has 0 amide bonds. The van der Waals surface area contributed by atoms with Gasteiger partial charge in [0.15, 0.2) is 11.5 Å². The highest BCUT2D eigenvalue weighted by atomic mass is 16.6. The van der Waals surface area contributed by atoms with E-state index in [-0.39, 0.29) is 0 Å². The number of benzene rings is 1. The maximum absolute atomic E-state index is 5.66. The van der Waals surface area contributed by atoms with Crippen LogP contribution in [0.3, 0.4) is 0 Å². The summed E-state index contributed by atoms with van der Waals surface area (Å²) in [5, 5.41) is 6.88. The highest BCUT2D eigenvalue weighted by Crippen LogP contribution is 2.40. The van der Waals surface area contributed by atoms with Gasteiger partial charge in [0.1, 0.15) is 19.0 Å². The minimum Gasteiger partial charge on any atom is -0.486 e. The lowest BCUT2D eigenvalue weighted by Gasteiger charge is -2.22. The Labute approximate surface area is 105 Å². The normalized spacial score (nSPS) is 13.7. The predicted octanol–water partition coefficient (Wildman–Crippen LogP) is 2.05. The summed E-state index contributed by atoms with van der Waals surface area (Å²) in [4.78, 5) is 0. The quantitative estimate of drug-likeness (QED) is 0.806. The molecule has 5 heteroatoms. The fourth-order valence-corrected chi connectivity index (χ4v) is 2.20. The highest BCUT2D eigenvalue weighted by Gasteiger charge is 2.19. The first kappa shape index (κ1) is 11.0. The van der Waals surface area contributed by atoms with Gasteiger partial charge in [-0.3, -0.25) is 5.10 Å². The average molecular weight is 245 g/mol. The second-order valence-electron chi connectivity index (χ2n) is 4.40. The number of fused-ring (bicyclic) bond motifs is 1. The zero-order valence-electron chi connectivity index (χ0n) is 10.4. The van der Waals surface area contributed by atoms with E-state index in [0.717, 1.165) is 33.9 Å². The van der Waals surface area contributed by atoms with Gasteiger partial charge in [0.05, 0.1) is 5.69 Å². The minimum absolute atomic E-state index is 0.483. The average Bonchev–Trinajstić information content (AvgIpc) is 2.80. The molecule has 0 aliphatic carbocycles. The van der Waals surface area contributed by atoms with Crippen molar-refractivity contribution < 1.29 is 9.47 Å². The second-order valence-corrected chi connectivity index (χ2v) is 4.40. The number of aromatic amines is 1. The van der Waals surface area contributed by atoms with Crippen molar-refractivity contribution in [2.45, 2.75) is 13.8 Å². The smallest absolute Gasteiger partial charge is 0.164 e. The van der Waals surface area contributed by atoms with Gasteiger partial charge < -0.3 is 15.2 Å². The van der Waals surface area contributed by atoms with Crippen molar-refractivity contribution in [2.24, 2.45) is 0 Å². The first-order chi connectivity index (χ1) is 8.66. The first-order valence-electron chi connectivity index (χ1n) is 5.88. The van der Waals surface area contributed by atoms with Gasteiger partial charge in [-0.15, -0.1) is 0 Å². The molecule has 0 saturated carbocycles. The fraction of sp³-hybridized carbons (Fsp3) is 0.308. The van der Waals surface area contributed by atoms with Crippen molar-refractivity contribution in [1.82, 2.24) is 10.2 Å². The van der Waals surface area contributed by atoms with Crippen LogP contribution in [-0.2, 0) is 0 Å². The van der Waals surface area contributed by atoms with E-state index in [1.54, 1.807) is 0 Å². The summed E-state index contributed by atoms with van der Waals surface area (Å²) in [6.45, 7) is 5.27. The molecule has 1 aliphatic heterocycles. The van der Waals surface area contributed by atoms with E-state index in [4.69, 9.17) is 15.2 Å². The van der Waals surface area contributed by atoms with Crippen LogP contribution < -0.4 is 15.2 Å². The molecule has 1 aromatic heterocycles.